The van der Waals surface area contributed by atoms with Crippen LogP contribution >= 0.6 is 23.2 Å². The van der Waals surface area contributed by atoms with Crippen LogP contribution in [-0.2, 0) is 25.6 Å². The number of phenolic OH excluding ortho intramolecular Hbond substituents is 2. The van der Waals surface area contributed by atoms with Crippen LogP contribution in [0.4, 0.5) is 27.6 Å². The highest BCUT2D eigenvalue weighted by molar-refractivity contribution is 6.58. The second-order valence-corrected chi connectivity index (χ2v) is 14.9. The summed E-state index contributed by atoms with van der Waals surface area (Å²) in [4.78, 5) is 52.2. The Morgan fingerprint density at radius 3 is 2.08 bits per heavy atom. The number of alkyl halides is 2. The van der Waals surface area contributed by atoms with E-state index in [9.17, 15) is 42.6 Å². The van der Waals surface area contributed by atoms with Crippen molar-refractivity contribution < 1.29 is 51.3 Å². The second-order valence-electron chi connectivity index (χ2n) is 13.7. The summed E-state index contributed by atoms with van der Waals surface area (Å²) in [7, 11) is 0. The average molecular weight is 772 g/mol. The summed E-state index contributed by atoms with van der Waals surface area (Å²) in [5.74, 6) is -21.9. The maximum atomic E-state index is 15.3. The molecule has 3 fully saturated rings. The number of aromatic hydroxyl groups is 2. The molecular weight excluding hydrogens is 746 g/mol. The zero-order valence-electron chi connectivity index (χ0n) is 27.1. The van der Waals surface area contributed by atoms with Gasteiger partial charge in [-0.25, -0.2) is 26.9 Å². The van der Waals surface area contributed by atoms with Crippen LogP contribution in [0.2, 0.25) is 0 Å². The topological polar surface area (TPSA) is 115 Å². The standard InChI is InChI=1S/C38H25Cl2F5N2O6/c39-37-15-23-20(11-12-21-24(23)34(51)46(33(21)50)14-13-16-5-8-18(48)9-6-16)25(22-10-7-17-3-1-2-4-19(17)32(22)49)38(37,40)36(53)47(35(37)52)31-29(44)27(42)26(41)28(43)30(31)45/h1-11,21,23-25,48-49H,12-15H2/t21-,23+,24-,25+,37+,38-/m0/s1. The molecule has 2 N–H and O–H groups in total. The van der Waals surface area contributed by atoms with E-state index in [2.05, 4.69) is 0 Å². The number of carbonyl (C=O) groups is 4. The number of benzene rings is 4. The van der Waals surface area contributed by atoms with Crippen molar-refractivity contribution in [1.29, 1.82) is 0 Å². The molecule has 272 valence electrons. The predicted molar refractivity (Wildman–Crippen MR) is 181 cm³/mol. The highest BCUT2D eigenvalue weighted by atomic mass is 35.5. The Hall–Kier alpha value is -5.01. The number of hydrogen-bond donors (Lipinski definition) is 2. The molecule has 4 amide bonds. The predicted octanol–water partition coefficient (Wildman–Crippen LogP) is 6.75. The van der Waals surface area contributed by atoms with Crippen LogP contribution in [0.1, 0.15) is 29.9 Å². The zero-order valence-corrected chi connectivity index (χ0v) is 28.6. The number of carbonyl (C=O) groups excluding carboxylic acids is 4. The van der Waals surface area contributed by atoms with Crippen molar-refractivity contribution in [2.75, 3.05) is 11.4 Å². The normalized spacial score (nSPS) is 28.0. The van der Waals surface area contributed by atoms with E-state index >= 15 is 8.78 Å². The van der Waals surface area contributed by atoms with E-state index in [1.807, 2.05) is 0 Å². The van der Waals surface area contributed by atoms with Crippen molar-refractivity contribution in [2.24, 2.45) is 17.8 Å². The van der Waals surface area contributed by atoms with E-state index in [-0.39, 0.29) is 46.6 Å². The lowest BCUT2D eigenvalue weighted by atomic mass is 9.56. The van der Waals surface area contributed by atoms with Crippen molar-refractivity contribution in [2.45, 2.75) is 34.9 Å². The fraction of sp³-hybridized carbons (Fsp3) is 0.263. The van der Waals surface area contributed by atoms with E-state index in [1.165, 1.54) is 18.2 Å². The van der Waals surface area contributed by atoms with Crippen molar-refractivity contribution in [3.8, 4) is 11.5 Å². The summed E-state index contributed by atoms with van der Waals surface area (Å²) in [6, 6.07) is 15.7. The van der Waals surface area contributed by atoms with Gasteiger partial charge < -0.3 is 10.2 Å². The molecular formula is C38H25Cl2F5N2O6. The van der Waals surface area contributed by atoms with Crippen LogP contribution in [0.25, 0.3) is 10.8 Å². The molecule has 0 unspecified atom stereocenters. The van der Waals surface area contributed by atoms with Crippen LogP contribution in [0, 0.1) is 46.8 Å². The highest BCUT2D eigenvalue weighted by Gasteiger charge is 2.77. The van der Waals surface area contributed by atoms with Crippen LogP contribution in [0.3, 0.4) is 0 Å². The minimum absolute atomic E-state index is 0.0278. The summed E-state index contributed by atoms with van der Waals surface area (Å²) in [6.07, 6.45) is 1.12. The molecule has 6 atom stereocenters. The monoisotopic (exact) mass is 770 g/mol. The fourth-order valence-electron chi connectivity index (χ4n) is 8.61. The fourth-order valence-corrected chi connectivity index (χ4v) is 9.53. The maximum absolute atomic E-state index is 15.3. The molecule has 0 spiro atoms. The second kappa shape index (κ2) is 12.0. The lowest BCUT2D eigenvalue weighted by molar-refractivity contribution is -0.140. The summed E-state index contributed by atoms with van der Waals surface area (Å²) in [6.45, 7) is -0.0384. The van der Waals surface area contributed by atoms with Gasteiger partial charge in [0.05, 0.1) is 11.8 Å². The SMILES string of the molecule is O=C1[C@H]2[C@H](CC=C3[C@H]2C[C@@]2(Cl)C(=O)N(c4c(F)c(F)c(F)c(F)c4F)C(=O)[C@@]2(Cl)[C@H]3c2ccc3ccccc3c2O)C(=O)N1CCc1ccc(O)cc1. The first-order chi connectivity index (χ1) is 25.1. The van der Waals surface area contributed by atoms with Gasteiger partial charge >= 0.3 is 0 Å². The number of anilines is 1. The van der Waals surface area contributed by atoms with Gasteiger partial charge in [-0.05, 0) is 48.3 Å². The van der Waals surface area contributed by atoms with Gasteiger partial charge in [0.1, 0.15) is 17.2 Å². The summed E-state index contributed by atoms with van der Waals surface area (Å²) in [5.41, 5.74) is -1.00. The van der Waals surface area contributed by atoms with E-state index in [0.29, 0.717) is 5.39 Å². The first kappa shape index (κ1) is 35.0. The van der Waals surface area contributed by atoms with Gasteiger partial charge in [-0.1, -0.05) is 60.2 Å². The number of rotatable bonds is 5. The van der Waals surface area contributed by atoms with Gasteiger partial charge in [-0.2, -0.15) is 0 Å². The molecule has 2 aliphatic heterocycles. The Morgan fingerprint density at radius 2 is 1.40 bits per heavy atom. The molecule has 4 aromatic carbocycles. The van der Waals surface area contributed by atoms with E-state index in [1.54, 1.807) is 48.5 Å². The van der Waals surface area contributed by atoms with Crippen molar-refractivity contribution in [3.05, 3.63) is 113 Å². The Balaban J connectivity index is 1.29. The number of amides is 4. The molecule has 2 aliphatic carbocycles. The van der Waals surface area contributed by atoms with E-state index in [0.717, 1.165) is 10.5 Å². The van der Waals surface area contributed by atoms with Gasteiger partial charge in [-0.15, -0.1) is 23.2 Å². The molecule has 0 radical (unpaired) electrons. The smallest absolute Gasteiger partial charge is 0.258 e. The van der Waals surface area contributed by atoms with Gasteiger partial charge in [0, 0.05) is 23.4 Å². The van der Waals surface area contributed by atoms with Crippen molar-refractivity contribution in [3.63, 3.8) is 0 Å². The number of hydrogen-bond acceptors (Lipinski definition) is 6. The number of fused-ring (bicyclic) bond motifs is 5. The van der Waals surface area contributed by atoms with E-state index in [4.69, 9.17) is 23.2 Å². The number of nitrogens with zero attached hydrogens (tertiary/aromatic N) is 2. The number of halogens is 7. The molecule has 8 rings (SSSR count). The molecule has 2 heterocycles. The van der Waals surface area contributed by atoms with Crippen LogP contribution in [0.15, 0.2) is 72.3 Å². The molecule has 1 saturated carbocycles. The molecule has 8 nitrogen and oxygen atoms in total. The number of phenols is 2. The first-order valence-electron chi connectivity index (χ1n) is 16.4. The quantitative estimate of drug-likeness (QED) is 0.0580. The largest absolute Gasteiger partial charge is 0.508 e. The maximum Gasteiger partial charge on any atom is 0.258 e. The van der Waals surface area contributed by atoms with Crippen LogP contribution in [0.5, 0.6) is 11.5 Å². The minimum Gasteiger partial charge on any atom is -0.508 e. The third-order valence-corrected chi connectivity index (χ3v) is 12.5. The van der Waals surface area contributed by atoms with Crippen LogP contribution in [-0.4, -0.2) is 55.0 Å². The van der Waals surface area contributed by atoms with E-state index < -0.39 is 104 Å². The molecule has 2 saturated heterocycles. The molecule has 4 aliphatic rings. The molecule has 53 heavy (non-hydrogen) atoms. The van der Waals surface area contributed by atoms with Gasteiger partial charge in [0.25, 0.3) is 11.8 Å². The lowest BCUT2D eigenvalue weighted by Crippen LogP contribution is -2.60. The Morgan fingerprint density at radius 1 is 0.755 bits per heavy atom. The Labute approximate surface area is 307 Å². The Bertz CT molecular complexity index is 2330. The van der Waals surface area contributed by atoms with Gasteiger partial charge in [0.15, 0.2) is 33.0 Å². The molecule has 4 aromatic rings. The van der Waals surface area contributed by atoms with Gasteiger partial charge in [0.2, 0.25) is 17.6 Å². The third kappa shape index (κ3) is 4.65. The lowest BCUT2D eigenvalue weighted by Gasteiger charge is -2.50. The van der Waals surface area contributed by atoms with Gasteiger partial charge in [-0.3, -0.25) is 24.1 Å². The van der Waals surface area contributed by atoms with Crippen molar-refractivity contribution in [1.82, 2.24) is 4.90 Å². The molecule has 0 bridgehead atoms. The first-order valence-corrected chi connectivity index (χ1v) is 17.2. The minimum atomic E-state index is -2.76. The number of allylic oxidation sites excluding steroid dienone is 2. The summed E-state index contributed by atoms with van der Waals surface area (Å²) in [5, 5.41) is 22.2. The van der Waals surface area contributed by atoms with Crippen LogP contribution < -0.4 is 4.90 Å². The molecule has 15 heteroatoms. The number of likely N-dealkylation sites (tertiary alicyclic amines) is 1. The summed E-state index contributed by atoms with van der Waals surface area (Å²) >= 11 is 14.4. The third-order valence-electron chi connectivity index (χ3n) is 11.1. The zero-order chi connectivity index (χ0) is 37.9. The van der Waals surface area contributed by atoms with Crippen molar-refractivity contribution >= 4 is 63.3 Å². The highest BCUT2D eigenvalue weighted by Crippen LogP contribution is 2.67. The molecule has 0 aromatic heterocycles. The Kier molecular flexibility index (Phi) is 7.94. The summed E-state index contributed by atoms with van der Waals surface area (Å²) < 4.78 is 73.7. The average Bonchev–Trinajstić information content (AvgIpc) is 3.47. The number of imide groups is 2.